The molecule has 1 atom stereocenters. The van der Waals surface area contributed by atoms with Crippen LogP contribution in [0.1, 0.15) is 19.8 Å². The van der Waals surface area contributed by atoms with Gasteiger partial charge in [0.25, 0.3) is 0 Å². The Labute approximate surface area is 81.0 Å². The maximum Gasteiger partial charge on any atom is 0.244 e. The molecule has 13 heavy (non-hydrogen) atoms. The van der Waals surface area contributed by atoms with Crippen LogP contribution >= 0.6 is 0 Å². The topological polar surface area (TPSA) is 56.2 Å². The van der Waals surface area contributed by atoms with Gasteiger partial charge in [0.1, 0.15) is 11.5 Å². The van der Waals surface area contributed by atoms with E-state index in [1.165, 1.54) is 12.3 Å². The normalized spacial score (nSPS) is 12.8. The SMILES string of the molecule is CCCC[S+]([O-])c1ccc(O)cn1. The van der Waals surface area contributed by atoms with Crippen LogP contribution in [0.5, 0.6) is 5.75 Å². The van der Waals surface area contributed by atoms with Crippen LogP contribution < -0.4 is 0 Å². The molecule has 72 valence electrons. The molecule has 0 aliphatic rings. The molecule has 0 aliphatic carbocycles. The van der Waals surface area contributed by atoms with E-state index in [0.717, 1.165) is 12.8 Å². The van der Waals surface area contributed by atoms with Gasteiger partial charge in [0.15, 0.2) is 0 Å². The van der Waals surface area contributed by atoms with Crippen LogP contribution in [0.4, 0.5) is 0 Å². The van der Waals surface area contributed by atoms with Gasteiger partial charge in [-0.3, -0.25) is 0 Å². The number of unbranched alkanes of at least 4 members (excludes halogenated alkanes) is 1. The fourth-order valence-electron chi connectivity index (χ4n) is 0.887. The summed E-state index contributed by atoms with van der Waals surface area (Å²) in [4.78, 5) is 3.88. The Balaban J connectivity index is 2.55. The minimum atomic E-state index is -1.01. The largest absolute Gasteiger partial charge is 0.610 e. The Morgan fingerprint density at radius 1 is 1.54 bits per heavy atom. The average Bonchev–Trinajstić information content (AvgIpc) is 2.15. The molecule has 0 bridgehead atoms. The fraction of sp³-hybridized carbons (Fsp3) is 0.444. The van der Waals surface area contributed by atoms with E-state index in [4.69, 9.17) is 5.11 Å². The van der Waals surface area contributed by atoms with Crippen molar-refractivity contribution in [2.24, 2.45) is 0 Å². The number of hydrogen-bond donors (Lipinski definition) is 1. The predicted octanol–water partition coefficient (Wildman–Crippen LogP) is 1.69. The van der Waals surface area contributed by atoms with Crippen molar-refractivity contribution in [3.63, 3.8) is 0 Å². The van der Waals surface area contributed by atoms with Gasteiger partial charge in [-0.2, -0.15) is 0 Å². The van der Waals surface area contributed by atoms with Crippen molar-refractivity contribution in [1.29, 1.82) is 0 Å². The maximum atomic E-state index is 11.5. The van der Waals surface area contributed by atoms with Gasteiger partial charge in [-0.1, -0.05) is 13.3 Å². The molecule has 0 radical (unpaired) electrons. The highest BCUT2D eigenvalue weighted by molar-refractivity contribution is 7.91. The summed E-state index contributed by atoms with van der Waals surface area (Å²) in [5, 5.41) is 9.50. The lowest BCUT2D eigenvalue weighted by Gasteiger charge is -2.07. The maximum absolute atomic E-state index is 11.5. The van der Waals surface area contributed by atoms with Gasteiger partial charge < -0.3 is 9.66 Å². The first-order valence-corrected chi connectivity index (χ1v) is 5.59. The van der Waals surface area contributed by atoms with E-state index in [1.54, 1.807) is 6.07 Å². The first kappa shape index (κ1) is 10.3. The highest BCUT2D eigenvalue weighted by Gasteiger charge is 2.10. The molecular weight excluding hydrogens is 186 g/mol. The number of aromatic hydroxyl groups is 1. The Hall–Kier alpha value is -0.740. The first-order valence-electron chi connectivity index (χ1n) is 4.27. The summed E-state index contributed by atoms with van der Waals surface area (Å²) >= 11 is -1.01. The molecule has 1 unspecified atom stereocenters. The summed E-state index contributed by atoms with van der Waals surface area (Å²) in [5.41, 5.74) is 0. The minimum absolute atomic E-state index is 0.108. The first-order chi connectivity index (χ1) is 6.24. The van der Waals surface area contributed by atoms with Crippen molar-refractivity contribution in [3.05, 3.63) is 18.3 Å². The zero-order valence-electron chi connectivity index (χ0n) is 7.56. The molecule has 1 aromatic heterocycles. The molecule has 0 amide bonds. The third-order valence-electron chi connectivity index (χ3n) is 1.64. The van der Waals surface area contributed by atoms with Crippen LogP contribution in [0.2, 0.25) is 0 Å². The highest BCUT2D eigenvalue weighted by Crippen LogP contribution is 2.13. The van der Waals surface area contributed by atoms with Gasteiger partial charge in [-0.15, -0.1) is 0 Å². The average molecular weight is 199 g/mol. The molecular formula is C9H13NO2S. The fourth-order valence-corrected chi connectivity index (χ4v) is 2.04. The number of aromatic nitrogens is 1. The Morgan fingerprint density at radius 3 is 2.85 bits per heavy atom. The summed E-state index contributed by atoms with van der Waals surface area (Å²) in [6.45, 7) is 2.06. The van der Waals surface area contributed by atoms with Crippen LogP contribution in [0.25, 0.3) is 0 Å². The molecule has 0 spiro atoms. The van der Waals surface area contributed by atoms with Crippen molar-refractivity contribution < 1.29 is 9.66 Å². The summed E-state index contributed by atoms with van der Waals surface area (Å²) in [6, 6.07) is 3.10. The van der Waals surface area contributed by atoms with Crippen molar-refractivity contribution in [2.45, 2.75) is 24.8 Å². The van der Waals surface area contributed by atoms with Gasteiger partial charge >= 0.3 is 0 Å². The third-order valence-corrected chi connectivity index (χ3v) is 3.00. The van der Waals surface area contributed by atoms with Crippen LogP contribution in [-0.4, -0.2) is 20.4 Å². The van der Waals surface area contributed by atoms with E-state index in [2.05, 4.69) is 11.9 Å². The number of pyridine rings is 1. The minimum Gasteiger partial charge on any atom is -0.610 e. The number of nitrogens with zero attached hydrogens (tertiary/aromatic N) is 1. The third kappa shape index (κ3) is 3.24. The molecule has 4 heteroatoms. The molecule has 0 aliphatic heterocycles. The van der Waals surface area contributed by atoms with Crippen LogP contribution in [0.15, 0.2) is 23.4 Å². The molecule has 1 N–H and O–H groups in total. The Morgan fingerprint density at radius 2 is 2.31 bits per heavy atom. The molecule has 1 heterocycles. The molecule has 3 nitrogen and oxygen atoms in total. The molecule has 1 rings (SSSR count). The van der Waals surface area contributed by atoms with Gasteiger partial charge in [0.05, 0.1) is 6.20 Å². The zero-order chi connectivity index (χ0) is 9.68. The van der Waals surface area contributed by atoms with Crippen LogP contribution in [0, 0.1) is 0 Å². The van der Waals surface area contributed by atoms with Crippen molar-refractivity contribution in [3.8, 4) is 5.75 Å². The summed E-state index contributed by atoms with van der Waals surface area (Å²) in [5.74, 6) is 0.755. The number of hydrogen-bond acceptors (Lipinski definition) is 3. The second-order valence-electron chi connectivity index (χ2n) is 2.76. The van der Waals surface area contributed by atoms with Gasteiger partial charge in [0.2, 0.25) is 5.03 Å². The van der Waals surface area contributed by atoms with E-state index >= 15 is 0 Å². The van der Waals surface area contributed by atoms with Gasteiger partial charge in [0, 0.05) is 17.2 Å². The lowest BCUT2D eigenvalue weighted by molar-refractivity contribution is 0.471. The standard InChI is InChI=1S/C9H13NO2S/c1-2-3-6-13(12)9-5-4-8(11)7-10-9/h4-5,7,11H,2-3,6H2,1H3. The lowest BCUT2D eigenvalue weighted by Crippen LogP contribution is -2.08. The number of rotatable bonds is 4. The second kappa shape index (κ2) is 5.09. The van der Waals surface area contributed by atoms with Crippen LogP contribution in [-0.2, 0) is 11.2 Å². The molecule has 1 aromatic rings. The van der Waals surface area contributed by atoms with E-state index in [1.807, 2.05) is 0 Å². The van der Waals surface area contributed by atoms with E-state index in [-0.39, 0.29) is 5.75 Å². The zero-order valence-corrected chi connectivity index (χ0v) is 8.38. The lowest BCUT2D eigenvalue weighted by atomic mass is 10.4. The summed E-state index contributed by atoms with van der Waals surface area (Å²) in [6.07, 6.45) is 3.29. The van der Waals surface area contributed by atoms with E-state index in [0.29, 0.717) is 10.8 Å². The predicted molar refractivity (Wildman–Crippen MR) is 52.1 cm³/mol. The van der Waals surface area contributed by atoms with Crippen LogP contribution in [0.3, 0.4) is 0 Å². The van der Waals surface area contributed by atoms with Crippen molar-refractivity contribution in [2.75, 3.05) is 5.75 Å². The summed E-state index contributed by atoms with van der Waals surface area (Å²) in [7, 11) is 0. The Kier molecular flexibility index (Phi) is 4.05. The van der Waals surface area contributed by atoms with Gasteiger partial charge in [-0.05, 0) is 12.5 Å². The van der Waals surface area contributed by atoms with Gasteiger partial charge in [-0.25, -0.2) is 4.98 Å². The molecule has 0 saturated heterocycles. The molecule has 0 saturated carbocycles. The molecule has 0 aromatic carbocycles. The highest BCUT2D eigenvalue weighted by atomic mass is 32.2. The van der Waals surface area contributed by atoms with E-state index in [9.17, 15) is 4.55 Å². The Bertz CT molecular complexity index is 250. The summed E-state index contributed by atoms with van der Waals surface area (Å²) < 4.78 is 11.5. The monoisotopic (exact) mass is 199 g/mol. The van der Waals surface area contributed by atoms with Crippen molar-refractivity contribution in [1.82, 2.24) is 4.98 Å². The quantitative estimate of drug-likeness (QED) is 0.751. The second-order valence-corrected chi connectivity index (χ2v) is 4.28. The van der Waals surface area contributed by atoms with Crippen molar-refractivity contribution >= 4 is 11.2 Å². The smallest absolute Gasteiger partial charge is 0.244 e. The molecule has 0 fully saturated rings. The van der Waals surface area contributed by atoms with E-state index < -0.39 is 11.2 Å².